The third kappa shape index (κ3) is 6.10. The summed E-state index contributed by atoms with van der Waals surface area (Å²) in [5.74, 6) is -1.33. The number of nitrogens with zero attached hydrogens (tertiary/aromatic N) is 3. The molecule has 4 aromatic rings. The molecular weight excluding hydrogens is 540 g/mol. The van der Waals surface area contributed by atoms with Crippen molar-refractivity contribution >= 4 is 27.4 Å². The average molecular weight is 560 g/mol. The van der Waals surface area contributed by atoms with Crippen LogP contribution >= 0.6 is 0 Å². The van der Waals surface area contributed by atoms with E-state index in [0.717, 1.165) is 16.9 Å². The van der Waals surface area contributed by atoms with Gasteiger partial charge in [-0.15, -0.1) is 0 Å². The molecule has 0 radical (unpaired) electrons. The molecule has 186 valence electrons. The van der Waals surface area contributed by atoms with Crippen LogP contribution in [0.2, 0.25) is 0 Å². The molecule has 0 bridgehead atoms. The van der Waals surface area contributed by atoms with Gasteiger partial charge in [-0.3, -0.25) is 0 Å². The number of ether oxygens (including phenoxy) is 1. The van der Waals surface area contributed by atoms with Crippen LogP contribution in [0, 0.1) is 0 Å². The topological polar surface area (TPSA) is 124 Å². The monoisotopic (exact) mass is 560 g/mol. The van der Waals surface area contributed by atoms with Crippen molar-refractivity contribution in [1.29, 1.82) is 0 Å². The van der Waals surface area contributed by atoms with Gasteiger partial charge in [0.05, 0.1) is 0 Å². The number of aliphatic carboxylic acids is 1. The Morgan fingerprint density at radius 2 is 1.72 bits per heavy atom. The quantitative estimate of drug-likeness (QED) is 0.316. The molecule has 12 heteroatoms. The summed E-state index contributed by atoms with van der Waals surface area (Å²) in [4.78, 5) is 19.3. The fourth-order valence-corrected chi connectivity index (χ4v) is 4.01. The fraction of sp³-hybridized carbons (Fsp3) is 0.167. The standard InChI is InChI=1S/C24H20AsF3N4O4/c25-23-31-19(15-3-1-13(2-4-15)9-18(29)22(33)34)10-20(32-23)36-21(24(26,27)28)16-7-5-14(6-8-16)17-11-30-35-12-17/h1-8,10-12,18,21H,9,25,29H2,(H,33,34)/t18-,21-/m0/s1. The van der Waals surface area contributed by atoms with Gasteiger partial charge in [0, 0.05) is 0 Å². The zero-order valence-electron chi connectivity index (χ0n) is 18.5. The van der Waals surface area contributed by atoms with E-state index in [2.05, 4.69) is 15.1 Å². The van der Waals surface area contributed by atoms with E-state index in [-0.39, 0.29) is 22.5 Å². The Hall–Kier alpha value is -3.69. The molecule has 2 heterocycles. The summed E-state index contributed by atoms with van der Waals surface area (Å²) in [7, 11) is 0. The fourth-order valence-electron chi connectivity index (χ4n) is 3.45. The maximum atomic E-state index is 14.0. The summed E-state index contributed by atoms with van der Waals surface area (Å²) in [6.07, 6.45) is -3.95. The van der Waals surface area contributed by atoms with Crippen molar-refractivity contribution in [3.05, 3.63) is 78.2 Å². The van der Waals surface area contributed by atoms with Gasteiger partial charge in [-0.05, 0) is 0 Å². The first-order chi connectivity index (χ1) is 17.1. The number of hydrogen-bond donors (Lipinski definition) is 2. The maximum absolute atomic E-state index is 14.0. The number of hydrogen-bond acceptors (Lipinski definition) is 7. The Morgan fingerprint density at radius 1 is 1.06 bits per heavy atom. The number of nitrogens with two attached hydrogens (primary N) is 1. The van der Waals surface area contributed by atoms with Crippen LogP contribution in [-0.2, 0) is 11.2 Å². The van der Waals surface area contributed by atoms with Crippen molar-refractivity contribution < 1.29 is 32.3 Å². The number of rotatable bonds is 8. The van der Waals surface area contributed by atoms with Gasteiger partial charge < -0.3 is 0 Å². The minimum absolute atomic E-state index is 0.0925. The van der Waals surface area contributed by atoms with Crippen molar-refractivity contribution in [1.82, 2.24) is 15.1 Å². The number of carbonyl (C=O) groups is 1. The molecular formula is C24H20AsF3N4O4. The Kier molecular flexibility index (Phi) is 7.42. The zero-order chi connectivity index (χ0) is 25.9. The van der Waals surface area contributed by atoms with Crippen LogP contribution in [0.15, 0.2) is 71.6 Å². The van der Waals surface area contributed by atoms with E-state index in [9.17, 15) is 18.0 Å². The summed E-state index contributed by atoms with van der Waals surface area (Å²) in [6.45, 7) is 0. The number of aromatic nitrogens is 3. The Morgan fingerprint density at radius 3 is 2.31 bits per heavy atom. The van der Waals surface area contributed by atoms with Gasteiger partial charge in [-0.2, -0.15) is 0 Å². The van der Waals surface area contributed by atoms with E-state index in [1.165, 1.54) is 42.8 Å². The van der Waals surface area contributed by atoms with Crippen molar-refractivity contribution in [3.63, 3.8) is 0 Å². The number of carboxylic acids is 1. The molecule has 0 saturated carbocycles. The van der Waals surface area contributed by atoms with Gasteiger partial charge in [-0.1, -0.05) is 0 Å². The Labute approximate surface area is 211 Å². The molecule has 4 rings (SSSR count). The van der Waals surface area contributed by atoms with Crippen LogP contribution in [0.25, 0.3) is 22.4 Å². The average Bonchev–Trinajstić information content (AvgIpc) is 3.37. The number of halogens is 3. The summed E-state index contributed by atoms with van der Waals surface area (Å²) in [5, 5.41) is 12.6. The first kappa shape index (κ1) is 25.4. The predicted octanol–water partition coefficient (Wildman–Crippen LogP) is 2.69. The Balaban J connectivity index is 1.58. The van der Waals surface area contributed by atoms with Crippen LogP contribution < -0.4 is 15.1 Å². The van der Waals surface area contributed by atoms with Crippen LogP contribution in [-0.4, -0.2) is 55.3 Å². The van der Waals surface area contributed by atoms with Gasteiger partial charge in [-0.25, -0.2) is 0 Å². The van der Waals surface area contributed by atoms with Crippen molar-refractivity contribution in [2.45, 2.75) is 24.7 Å². The van der Waals surface area contributed by atoms with Crippen LogP contribution in [0.1, 0.15) is 17.2 Å². The van der Waals surface area contributed by atoms with Gasteiger partial charge in [0.15, 0.2) is 0 Å². The molecule has 3 N–H and O–H groups in total. The van der Waals surface area contributed by atoms with Crippen molar-refractivity contribution in [2.75, 3.05) is 0 Å². The van der Waals surface area contributed by atoms with Crippen LogP contribution in [0.5, 0.6) is 5.88 Å². The normalized spacial score (nSPS) is 13.2. The predicted molar refractivity (Wildman–Crippen MR) is 126 cm³/mol. The van der Waals surface area contributed by atoms with E-state index in [4.69, 9.17) is 20.1 Å². The molecule has 2 aromatic carbocycles. The summed E-state index contributed by atoms with van der Waals surface area (Å²) >= 11 is 1.02. The molecule has 36 heavy (non-hydrogen) atoms. The molecule has 0 fully saturated rings. The third-order valence-corrected chi connectivity index (χ3v) is 5.80. The minimum atomic E-state index is -4.70. The molecule has 1 unspecified atom stereocenters. The molecule has 0 saturated heterocycles. The molecule has 3 atom stereocenters. The molecule has 8 nitrogen and oxygen atoms in total. The van der Waals surface area contributed by atoms with Gasteiger partial charge in [0.2, 0.25) is 0 Å². The second-order valence-corrected chi connectivity index (χ2v) is 8.95. The molecule has 0 aliphatic carbocycles. The second-order valence-electron chi connectivity index (χ2n) is 7.87. The second kappa shape index (κ2) is 10.5. The van der Waals surface area contributed by atoms with Gasteiger partial charge >= 0.3 is 212 Å². The zero-order valence-corrected chi connectivity index (χ0v) is 20.9. The summed E-state index contributed by atoms with van der Waals surface area (Å²) in [5.41, 5.74) is 8.44. The molecule has 0 amide bonds. The molecule has 0 aliphatic rings. The first-order valence-electron chi connectivity index (χ1n) is 10.6. The number of alkyl halides is 3. The SMILES string of the molecule is N[C@@H](Cc1ccc(-c2cc(O[C@@H](c3ccc(-c4cnoc4)cc3)C(F)(F)F)nc([AsH2])n2)cc1)C(=O)O. The molecule has 0 spiro atoms. The van der Waals surface area contributed by atoms with E-state index in [0.29, 0.717) is 27.9 Å². The summed E-state index contributed by atoms with van der Waals surface area (Å²) in [6, 6.07) is 12.8. The molecule has 0 aliphatic heterocycles. The summed E-state index contributed by atoms with van der Waals surface area (Å²) < 4.78 is 52.3. The van der Waals surface area contributed by atoms with Crippen LogP contribution in [0.3, 0.4) is 0 Å². The van der Waals surface area contributed by atoms with E-state index >= 15 is 0 Å². The Bertz CT molecular complexity index is 1330. The third-order valence-electron chi connectivity index (χ3n) is 5.26. The van der Waals surface area contributed by atoms with E-state index in [1.54, 1.807) is 24.3 Å². The first-order valence-corrected chi connectivity index (χ1v) is 11.8. The van der Waals surface area contributed by atoms with Gasteiger partial charge in [0.25, 0.3) is 0 Å². The van der Waals surface area contributed by atoms with E-state index < -0.39 is 24.3 Å². The number of carboxylic acid groups (broad SMARTS) is 1. The van der Waals surface area contributed by atoms with E-state index in [1.807, 2.05) is 0 Å². The van der Waals surface area contributed by atoms with Gasteiger partial charge in [0.1, 0.15) is 0 Å². The molecule has 2 aromatic heterocycles. The van der Waals surface area contributed by atoms with Crippen molar-refractivity contribution in [3.8, 4) is 28.3 Å². The number of benzene rings is 2. The van der Waals surface area contributed by atoms with Crippen LogP contribution in [0.4, 0.5) is 13.2 Å². The van der Waals surface area contributed by atoms with Crippen molar-refractivity contribution in [2.24, 2.45) is 5.73 Å².